The molecule has 1 N–H and O–H groups in total. The summed E-state index contributed by atoms with van der Waals surface area (Å²) in [5, 5.41) is 0. The molecule has 1 amide bonds. The highest BCUT2D eigenvalue weighted by Gasteiger charge is 2.06. The largest absolute Gasteiger partial charge is 0.453 e. The Morgan fingerprint density at radius 1 is 1.69 bits per heavy atom. The zero-order chi connectivity index (χ0) is 9.68. The van der Waals surface area contributed by atoms with Crippen LogP contribution in [0.1, 0.15) is 5.69 Å². The summed E-state index contributed by atoms with van der Waals surface area (Å²) in [5.41, 5.74) is 1.12. The molecule has 4 nitrogen and oxygen atoms in total. The van der Waals surface area contributed by atoms with Gasteiger partial charge in [-0.15, -0.1) is 0 Å². The van der Waals surface area contributed by atoms with Crippen LogP contribution in [0, 0.1) is 0 Å². The van der Waals surface area contributed by atoms with Gasteiger partial charge in [0.2, 0.25) is 0 Å². The molecule has 1 aromatic rings. The number of carbonyl (C=O) groups excluding carboxylic acids is 1. The Hall–Kier alpha value is -1.45. The van der Waals surface area contributed by atoms with Gasteiger partial charge < -0.3 is 14.6 Å². The summed E-state index contributed by atoms with van der Waals surface area (Å²) in [6.07, 6.45) is 2.39. The number of hydrogen-bond donors (Lipinski definition) is 1. The monoisotopic (exact) mass is 182 g/mol. The van der Waals surface area contributed by atoms with Crippen molar-refractivity contribution in [2.75, 3.05) is 20.7 Å². The number of aromatic nitrogens is 1. The molecule has 0 spiro atoms. The fourth-order valence-corrected chi connectivity index (χ4v) is 1.06. The third-order valence-electron chi connectivity index (χ3n) is 1.87. The zero-order valence-corrected chi connectivity index (χ0v) is 7.91. The lowest BCUT2D eigenvalue weighted by Crippen LogP contribution is -2.28. The van der Waals surface area contributed by atoms with E-state index >= 15 is 0 Å². The number of likely N-dealkylation sites (N-methyl/N-ethyl adjacent to an activating group) is 1. The number of nitrogens with zero attached hydrogens (tertiary/aromatic N) is 1. The minimum atomic E-state index is -0.299. The van der Waals surface area contributed by atoms with E-state index in [-0.39, 0.29) is 6.09 Å². The van der Waals surface area contributed by atoms with Gasteiger partial charge in [-0.2, -0.15) is 0 Å². The maximum absolute atomic E-state index is 11.0. The number of carbonyl (C=O) groups is 1. The summed E-state index contributed by atoms with van der Waals surface area (Å²) >= 11 is 0. The van der Waals surface area contributed by atoms with Crippen LogP contribution in [-0.4, -0.2) is 36.7 Å². The predicted octanol–water partition coefficient (Wildman–Crippen LogP) is 1.26. The van der Waals surface area contributed by atoms with Crippen LogP contribution in [0.25, 0.3) is 0 Å². The molecule has 0 atom stereocenters. The topological polar surface area (TPSA) is 45.3 Å². The van der Waals surface area contributed by atoms with Gasteiger partial charge in [0.05, 0.1) is 7.11 Å². The van der Waals surface area contributed by atoms with Crippen molar-refractivity contribution in [2.24, 2.45) is 0 Å². The molecule has 0 bridgehead atoms. The van der Waals surface area contributed by atoms with Gasteiger partial charge in [0.1, 0.15) is 0 Å². The van der Waals surface area contributed by atoms with E-state index < -0.39 is 0 Å². The number of hydrogen-bond acceptors (Lipinski definition) is 2. The highest BCUT2D eigenvalue weighted by Crippen LogP contribution is 1.97. The van der Waals surface area contributed by atoms with E-state index in [4.69, 9.17) is 0 Å². The van der Waals surface area contributed by atoms with E-state index in [1.165, 1.54) is 7.11 Å². The maximum Gasteiger partial charge on any atom is 0.409 e. The Balaban J connectivity index is 2.30. The fourth-order valence-electron chi connectivity index (χ4n) is 1.06. The predicted molar refractivity (Wildman–Crippen MR) is 49.5 cm³/mol. The molecule has 4 heteroatoms. The molecule has 0 fully saturated rings. The van der Waals surface area contributed by atoms with Crippen molar-refractivity contribution in [2.45, 2.75) is 6.42 Å². The number of H-pyrrole nitrogens is 1. The van der Waals surface area contributed by atoms with E-state index in [0.29, 0.717) is 6.54 Å². The van der Waals surface area contributed by atoms with Crippen molar-refractivity contribution < 1.29 is 9.53 Å². The first-order chi connectivity index (χ1) is 6.24. The van der Waals surface area contributed by atoms with E-state index in [2.05, 4.69) is 9.72 Å². The molecule has 0 aliphatic carbocycles. The summed E-state index contributed by atoms with van der Waals surface area (Å²) in [5.74, 6) is 0. The van der Waals surface area contributed by atoms with Crippen LogP contribution in [0.4, 0.5) is 4.79 Å². The van der Waals surface area contributed by atoms with Gasteiger partial charge in [0, 0.05) is 31.9 Å². The van der Waals surface area contributed by atoms with Crippen molar-refractivity contribution in [1.29, 1.82) is 0 Å². The van der Waals surface area contributed by atoms with E-state index in [1.807, 2.05) is 18.3 Å². The van der Waals surface area contributed by atoms with Crippen molar-refractivity contribution in [3.05, 3.63) is 24.0 Å². The van der Waals surface area contributed by atoms with Crippen LogP contribution in [0.5, 0.6) is 0 Å². The first kappa shape index (κ1) is 9.64. The second-order valence-corrected chi connectivity index (χ2v) is 2.84. The third-order valence-corrected chi connectivity index (χ3v) is 1.87. The quantitative estimate of drug-likeness (QED) is 0.764. The minimum absolute atomic E-state index is 0.299. The summed E-state index contributed by atoms with van der Waals surface area (Å²) in [6.45, 7) is 0.660. The van der Waals surface area contributed by atoms with E-state index in [9.17, 15) is 4.79 Å². The Morgan fingerprint density at radius 2 is 2.46 bits per heavy atom. The fraction of sp³-hybridized carbons (Fsp3) is 0.444. The van der Waals surface area contributed by atoms with E-state index in [1.54, 1.807) is 11.9 Å². The van der Waals surface area contributed by atoms with Crippen molar-refractivity contribution in [3.63, 3.8) is 0 Å². The van der Waals surface area contributed by atoms with Gasteiger partial charge in [-0.05, 0) is 12.1 Å². The van der Waals surface area contributed by atoms with Crippen LogP contribution in [0.2, 0.25) is 0 Å². The SMILES string of the molecule is COC(=O)N(C)CCc1ccc[nH]1. The summed E-state index contributed by atoms with van der Waals surface area (Å²) in [7, 11) is 3.10. The number of amides is 1. The zero-order valence-electron chi connectivity index (χ0n) is 7.91. The number of aromatic amines is 1. The number of ether oxygens (including phenoxy) is 1. The Kier molecular flexibility index (Phi) is 3.37. The number of methoxy groups -OCH3 is 1. The molecule has 1 rings (SSSR count). The van der Waals surface area contributed by atoms with Gasteiger partial charge in [-0.25, -0.2) is 4.79 Å². The lowest BCUT2D eigenvalue weighted by Gasteiger charge is -2.14. The molecular formula is C9H14N2O2. The first-order valence-electron chi connectivity index (χ1n) is 4.15. The summed E-state index contributed by atoms with van der Waals surface area (Å²) in [4.78, 5) is 15.6. The average Bonchev–Trinajstić information content (AvgIpc) is 2.65. The van der Waals surface area contributed by atoms with Gasteiger partial charge >= 0.3 is 6.09 Å². The number of nitrogens with one attached hydrogen (secondary N) is 1. The van der Waals surface area contributed by atoms with Crippen molar-refractivity contribution >= 4 is 6.09 Å². The average molecular weight is 182 g/mol. The molecule has 13 heavy (non-hydrogen) atoms. The molecule has 0 aromatic carbocycles. The molecule has 1 heterocycles. The molecule has 0 unspecified atom stereocenters. The standard InChI is InChI=1S/C9H14N2O2/c1-11(9(12)13-2)7-5-8-4-3-6-10-8/h3-4,6,10H,5,7H2,1-2H3. The third kappa shape index (κ3) is 2.82. The second-order valence-electron chi connectivity index (χ2n) is 2.84. The smallest absolute Gasteiger partial charge is 0.409 e. The lowest BCUT2D eigenvalue weighted by molar-refractivity contribution is 0.134. The van der Waals surface area contributed by atoms with Gasteiger partial charge in [-0.1, -0.05) is 0 Å². The summed E-state index contributed by atoms with van der Waals surface area (Å²) < 4.78 is 4.56. The minimum Gasteiger partial charge on any atom is -0.453 e. The van der Waals surface area contributed by atoms with Gasteiger partial charge in [-0.3, -0.25) is 0 Å². The normalized spacial score (nSPS) is 9.69. The first-order valence-corrected chi connectivity index (χ1v) is 4.15. The van der Waals surface area contributed by atoms with Crippen molar-refractivity contribution in [1.82, 2.24) is 9.88 Å². The molecule has 0 aliphatic heterocycles. The van der Waals surface area contributed by atoms with Crippen LogP contribution in [0.15, 0.2) is 18.3 Å². The van der Waals surface area contributed by atoms with Gasteiger partial charge in [0.15, 0.2) is 0 Å². The Bertz CT molecular complexity index is 257. The molecule has 1 aromatic heterocycles. The number of rotatable bonds is 3. The molecule has 0 saturated carbocycles. The Labute approximate surface area is 77.5 Å². The molecule has 0 saturated heterocycles. The molecule has 0 aliphatic rings. The van der Waals surface area contributed by atoms with Crippen LogP contribution < -0.4 is 0 Å². The second kappa shape index (κ2) is 4.54. The van der Waals surface area contributed by atoms with Crippen LogP contribution in [-0.2, 0) is 11.2 Å². The highest BCUT2D eigenvalue weighted by atomic mass is 16.5. The van der Waals surface area contributed by atoms with E-state index in [0.717, 1.165) is 12.1 Å². The lowest BCUT2D eigenvalue weighted by atomic mass is 10.3. The Morgan fingerprint density at radius 3 is 3.00 bits per heavy atom. The molecule has 0 radical (unpaired) electrons. The molecule has 72 valence electrons. The van der Waals surface area contributed by atoms with Crippen LogP contribution in [0.3, 0.4) is 0 Å². The van der Waals surface area contributed by atoms with Crippen LogP contribution >= 0.6 is 0 Å². The van der Waals surface area contributed by atoms with Crippen molar-refractivity contribution in [3.8, 4) is 0 Å². The highest BCUT2D eigenvalue weighted by molar-refractivity contribution is 5.66. The molecular weight excluding hydrogens is 168 g/mol. The summed E-state index contributed by atoms with van der Waals surface area (Å²) in [6, 6.07) is 3.93. The van der Waals surface area contributed by atoms with Gasteiger partial charge in [0.25, 0.3) is 0 Å². The maximum atomic E-state index is 11.0.